The quantitative estimate of drug-likeness (QED) is 0.379. The normalized spacial score (nSPS) is 17.1. The summed E-state index contributed by atoms with van der Waals surface area (Å²) in [6.07, 6.45) is 4.19. The predicted octanol–water partition coefficient (Wildman–Crippen LogP) is 4.08. The number of fused-ring (bicyclic) bond motifs is 1. The maximum absolute atomic E-state index is 12.7. The van der Waals surface area contributed by atoms with Crippen LogP contribution in [-0.4, -0.2) is 56.8 Å². The molecule has 10 heteroatoms. The fraction of sp³-hybridized carbons (Fsp3) is 0.500. The summed E-state index contributed by atoms with van der Waals surface area (Å²) >= 11 is 2.79. The third kappa shape index (κ3) is 4.52. The number of aromatic nitrogens is 3. The number of hydrogen-bond donors (Lipinski definition) is 0. The number of carbonyl (C=O) groups is 2. The second-order valence-corrected chi connectivity index (χ2v) is 10.3. The second kappa shape index (κ2) is 9.19. The summed E-state index contributed by atoms with van der Waals surface area (Å²) in [7, 11) is 0. The number of hydrogen-bond acceptors (Lipinski definition) is 8. The lowest BCUT2D eigenvalue weighted by Gasteiger charge is -2.30. The van der Waals surface area contributed by atoms with Crippen molar-refractivity contribution in [1.82, 2.24) is 20.1 Å². The minimum Gasteiger partial charge on any atom is -0.440 e. The lowest BCUT2D eigenvalue weighted by Crippen LogP contribution is -2.39. The molecule has 1 saturated carbocycles. The number of nitrogens with zero attached hydrogens (tertiary/aromatic N) is 5. The van der Waals surface area contributed by atoms with Crippen LogP contribution in [0.15, 0.2) is 33.0 Å². The highest BCUT2D eigenvalue weighted by Crippen LogP contribution is 2.36. The molecule has 1 aliphatic carbocycles. The third-order valence-electron chi connectivity index (χ3n) is 5.91. The van der Waals surface area contributed by atoms with Crippen molar-refractivity contribution in [3.8, 4) is 0 Å². The van der Waals surface area contributed by atoms with Gasteiger partial charge in [-0.05, 0) is 37.8 Å². The maximum atomic E-state index is 12.7. The molecule has 1 saturated heterocycles. The first kappa shape index (κ1) is 21.4. The van der Waals surface area contributed by atoms with Crippen molar-refractivity contribution in [1.29, 1.82) is 0 Å². The summed E-state index contributed by atoms with van der Waals surface area (Å²) in [5.74, 6) is 1.53. The van der Waals surface area contributed by atoms with E-state index in [0.29, 0.717) is 30.4 Å². The Bertz CT molecular complexity index is 1080. The van der Waals surface area contributed by atoms with Crippen LogP contribution in [0.3, 0.4) is 0 Å². The number of oxazole rings is 1. The van der Waals surface area contributed by atoms with Crippen LogP contribution in [0.2, 0.25) is 0 Å². The van der Waals surface area contributed by atoms with Crippen LogP contribution < -0.4 is 4.90 Å². The standard InChI is InChI=1S/C22H25N5O3S2/c1-2-18(28)27(15-7-8-15)21-24-25-22(32-21)31-13-19(29)26-11-9-14(10-12-26)20-23-16-5-3-4-6-17(16)30-20/h3-6,14-15H,2,7-13H2,1H3. The van der Waals surface area contributed by atoms with Crippen LogP contribution in [0, 0.1) is 0 Å². The van der Waals surface area contributed by atoms with Gasteiger partial charge >= 0.3 is 0 Å². The van der Waals surface area contributed by atoms with Crippen LogP contribution in [-0.2, 0) is 9.59 Å². The van der Waals surface area contributed by atoms with Gasteiger partial charge in [-0.25, -0.2) is 4.98 Å². The number of anilines is 1. The second-order valence-electron chi connectivity index (χ2n) is 8.16. The summed E-state index contributed by atoms with van der Waals surface area (Å²) in [5.41, 5.74) is 1.70. The number of likely N-dealkylation sites (tertiary alicyclic amines) is 1. The zero-order valence-corrected chi connectivity index (χ0v) is 19.5. The average molecular weight is 472 g/mol. The van der Waals surface area contributed by atoms with Crippen LogP contribution >= 0.6 is 23.1 Å². The van der Waals surface area contributed by atoms with Crippen molar-refractivity contribution in [2.75, 3.05) is 23.7 Å². The monoisotopic (exact) mass is 471 g/mol. The maximum Gasteiger partial charge on any atom is 0.233 e. The number of para-hydroxylation sites is 2. The number of piperidine rings is 1. The SMILES string of the molecule is CCC(=O)N(c1nnc(SCC(=O)N2CCC(c3nc4ccccc4o3)CC2)s1)C1CC1. The molecule has 1 aliphatic heterocycles. The van der Waals surface area contributed by atoms with Gasteiger partial charge in [-0.3, -0.25) is 14.5 Å². The van der Waals surface area contributed by atoms with Crippen molar-refractivity contribution in [3.05, 3.63) is 30.2 Å². The minimum absolute atomic E-state index is 0.0816. The highest BCUT2D eigenvalue weighted by atomic mass is 32.2. The molecule has 2 aromatic heterocycles. The summed E-state index contributed by atoms with van der Waals surface area (Å²) in [5, 5.41) is 9.06. The minimum atomic E-state index is 0.0816. The largest absolute Gasteiger partial charge is 0.440 e. The molecular weight excluding hydrogens is 446 g/mol. The smallest absolute Gasteiger partial charge is 0.233 e. The third-order valence-corrected chi connectivity index (χ3v) is 7.95. The van der Waals surface area contributed by atoms with Crippen molar-refractivity contribution < 1.29 is 14.0 Å². The van der Waals surface area contributed by atoms with Gasteiger partial charge in [0.2, 0.25) is 16.9 Å². The Balaban J connectivity index is 1.13. The van der Waals surface area contributed by atoms with E-state index in [1.54, 1.807) is 4.90 Å². The number of thioether (sulfide) groups is 1. The van der Waals surface area contributed by atoms with Gasteiger partial charge in [-0.1, -0.05) is 42.2 Å². The molecule has 3 heterocycles. The van der Waals surface area contributed by atoms with Gasteiger partial charge < -0.3 is 9.32 Å². The lowest BCUT2D eigenvalue weighted by atomic mass is 9.97. The van der Waals surface area contributed by atoms with E-state index in [4.69, 9.17) is 4.42 Å². The van der Waals surface area contributed by atoms with Crippen LogP contribution in [0.4, 0.5) is 5.13 Å². The Hall–Kier alpha value is -2.46. The summed E-state index contributed by atoms with van der Waals surface area (Å²) in [6, 6.07) is 8.06. The Morgan fingerprint density at radius 3 is 2.69 bits per heavy atom. The Morgan fingerprint density at radius 2 is 1.97 bits per heavy atom. The van der Waals surface area contributed by atoms with E-state index in [-0.39, 0.29) is 23.8 Å². The predicted molar refractivity (Wildman–Crippen MR) is 124 cm³/mol. The van der Waals surface area contributed by atoms with Gasteiger partial charge in [0, 0.05) is 31.5 Å². The molecule has 2 amide bonds. The van der Waals surface area contributed by atoms with E-state index in [1.807, 2.05) is 36.1 Å². The van der Waals surface area contributed by atoms with E-state index in [2.05, 4.69) is 15.2 Å². The van der Waals surface area contributed by atoms with Crippen molar-refractivity contribution in [3.63, 3.8) is 0 Å². The van der Waals surface area contributed by atoms with E-state index in [0.717, 1.165) is 47.0 Å². The average Bonchev–Trinajstić information content (AvgIpc) is 3.38. The zero-order chi connectivity index (χ0) is 22.1. The van der Waals surface area contributed by atoms with Crippen LogP contribution in [0.5, 0.6) is 0 Å². The van der Waals surface area contributed by atoms with Crippen molar-refractivity contribution in [2.45, 2.75) is 55.3 Å². The zero-order valence-electron chi connectivity index (χ0n) is 17.9. The topological polar surface area (TPSA) is 92.4 Å². The Labute approximate surface area is 194 Å². The molecule has 0 atom stereocenters. The molecule has 0 bridgehead atoms. The molecule has 3 aromatic rings. The molecule has 1 aromatic carbocycles. The Morgan fingerprint density at radius 1 is 1.19 bits per heavy atom. The Kier molecular flexibility index (Phi) is 6.14. The molecule has 32 heavy (non-hydrogen) atoms. The van der Waals surface area contributed by atoms with Gasteiger partial charge in [0.1, 0.15) is 5.52 Å². The molecule has 0 spiro atoms. The summed E-state index contributed by atoms with van der Waals surface area (Å²) in [6.45, 7) is 3.26. The molecule has 168 valence electrons. The first-order valence-electron chi connectivity index (χ1n) is 11.0. The van der Waals surface area contributed by atoms with Gasteiger partial charge in [-0.2, -0.15) is 0 Å². The van der Waals surface area contributed by atoms with E-state index in [1.165, 1.54) is 23.1 Å². The van der Waals surface area contributed by atoms with E-state index < -0.39 is 0 Å². The van der Waals surface area contributed by atoms with Gasteiger partial charge in [0.05, 0.1) is 5.75 Å². The molecular formula is C22H25N5O3S2. The van der Waals surface area contributed by atoms with Gasteiger partial charge in [0.15, 0.2) is 15.8 Å². The number of benzene rings is 1. The first-order chi connectivity index (χ1) is 15.6. The fourth-order valence-electron chi connectivity index (χ4n) is 3.98. The van der Waals surface area contributed by atoms with Crippen LogP contribution in [0.25, 0.3) is 11.1 Å². The molecule has 8 nitrogen and oxygen atoms in total. The molecule has 0 N–H and O–H groups in total. The fourth-order valence-corrected chi connectivity index (χ4v) is 5.82. The molecule has 0 unspecified atom stereocenters. The molecule has 0 radical (unpaired) electrons. The molecule has 2 fully saturated rings. The highest BCUT2D eigenvalue weighted by molar-refractivity contribution is 8.01. The van der Waals surface area contributed by atoms with Gasteiger partial charge in [0.25, 0.3) is 0 Å². The number of amides is 2. The number of carbonyl (C=O) groups excluding carboxylic acids is 2. The molecule has 2 aliphatic rings. The molecule has 5 rings (SSSR count). The van der Waals surface area contributed by atoms with Crippen molar-refractivity contribution >= 4 is 51.1 Å². The van der Waals surface area contributed by atoms with Crippen LogP contribution in [0.1, 0.15) is 50.8 Å². The van der Waals surface area contributed by atoms with Gasteiger partial charge in [-0.15, -0.1) is 10.2 Å². The van der Waals surface area contributed by atoms with Crippen molar-refractivity contribution in [2.24, 2.45) is 0 Å². The van der Waals surface area contributed by atoms with E-state index >= 15 is 0 Å². The summed E-state index contributed by atoms with van der Waals surface area (Å²) in [4.78, 5) is 33.3. The van der Waals surface area contributed by atoms with E-state index in [9.17, 15) is 9.59 Å². The lowest BCUT2D eigenvalue weighted by molar-refractivity contribution is -0.129. The highest BCUT2D eigenvalue weighted by Gasteiger charge is 2.35. The number of rotatable bonds is 7. The summed E-state index contributed by atoms with van der Waals surface area (Å²) < 4.78 is 6.64. The first-order valence-corrected chi connectivity index (χ1v) is 12.8.